The summed E-state index contributed by atoms with van der Waals surface area (Å²) < 4.78 is 16.6. The van der Waals surface area contributed by atoms with Gasteiger partial charge in [0, 0.05) is 72.2 Å². The van der Waals surface area contributed by atoms with E-state index in [4.69, 9.17) is 19.5 Å². The lowest BCUT2D eigenvalue weighted by atomic mass is 9.41. The van der Waals surface area contributed by atoms with Gasteiger partial charge in [-0.15, -0.1) is 0 Å². The molecular formula is C21H38BN3O4. The van der Waals surface area contributed by atoms with Gasteiger partial charge in [-0.2, -0.15) is 0 Å². The summed E-state index contributed by atoms with van der Waals surface area (Å²) in [6.45, 7) is 9.14. The molecule has 0 amide bonds. The van der Waals surface area contributed by atoms with Gasteiger partial charge in [-0.3, -0.25) is 0 Å². The molecular weight excluding hydrogens is 369 g/mol. The molecule has 0 saturated carbocycles. The van der Waals surface area contributed by atoms with E-state index in [1.807, 2.05) is 7.11 Å². The van der Waals surface area contributed by atoms with Crippen molar-refractivity contribution < 1.29 is 19.0 Å². The first-order chi connectivity index (χ1) is 14.2. The molecule has 2 fully saturated rings. The van der Waals surface area contributed by atoms with Crippen LogP contribution in [0, 0.1) is 11.2 Å². The van der Waals surface area contributed by atoms with E-state index in [-0.39, 0.29) is 18.9 Å². The molecule has 2 heterocycles. The summed E-state index contributed by atoms with van der Waals surface area (Å²) >= 11 is 0. The second kappa shape index (κ2) is 14.1. The lowest BCUT2D eigenvalue weighted by Crippen LogP contribution is -2.49. The Kier molecular flexibility index (Phi) is 11.8. The van der Waals surface area contributed by atoms with Crippen LogP contribution in [0.1, 0.15) is 32.1 Å². The SMILES string of the molecule is COC1(CCN2CCN(CCCOCCCOCC=O)CC2)CCB(C#N)CC1. The van der Waals surface area contributed by atoms with Crippen molar-refractivity contribution in [3.05, 3.63) is 0 Å². The summed E-state index contributed by atoms with van der Waals surface area (Å²) in [4.78, 5) is 15.2. The van der Waals surface area contributed by atoms with Gasteiger partial charge in [-0.1, -0.05) is 12.6 Å². The van der Waals surface area contributed by atoms with Gasteiger partial charge in [-0.05, 0) is 32.1 Å². The van der Waals surface area contributed by atoms with E-state index in [0.717, 1.165) is 96.9 Å². The van der Waals surface area contributed by atoms with Crippen molar-refractivity contribution in [2.75, 3.05) is 72.8 Å². The molecule has 2 saturated heterocycles. The highest BCUT2D eigenvalue weighted by atomic mass is 16.5. The smallest absolute Gasteiger partial charge is 0.268 e. The molecule has 0 spiro atoms. The minimum absolute atomic E-state index is 0.0138. The van der Waals surface area contributed by atoms with E-state index in [0.29, 0.717) is 13.2 Å². The zero-order valence-electron chi connectivity index (χ0n) is 18.2. The molecule has 2 aliphatic rings. The fraction of sp³-hybridized carbons (Fsp3) is 0.905. The van der Waals surface area contributed by atoms with Crippen LogP contribution in [-0.2, 0) is 19.0 Å². The molecule has 2 aliphatic heterocycles. The van der Waals surface area contributed by atoms with Crippen molar-refractivity contribution in [2.45, 2.75) is 50.3 Å². The maximum absolute atomic E-state index is 10.1. The highest BCUT2D eigenvalue weighted by Crippen LogP contribution is 2.34. The maximum atomic E-state index is 10.1. The largest absolute Gasteiger partial charge is 0.381 e. The van der Waals surface area contributed by atoms with Gasteiger partial charge < -0.3 is 28.8 Å². The number of rotatable bonds is 14. The molecule has 0 bridgehead atoms. The molecule has 0 aromatic heterocycles. The number of methoxy groups -OCH3 is 1. The first-order valence-electron chi connectivity index (χ1n) is 11.2. The van der Waals surface area contributed by atoms with Gasteiger partial charge in [0.2, 0.25) is 0 Å². The van der Waals surface area contributed by atoms with Crippen molar-refractivity contribution >= 4 is 13.0 Å². The molecule has 0 atom stereocenters. The molecule has 8 heteroatoms. The Hall–Kier alpha value is -0.975. The zero-order chi connectivity index (χ0) is 20.8. The number of ether oxygens (including phenoxy) is 3. The highest BCUT2D eigenvalue weighted by molar-refractivity contribution is 6.67. The number of nitriles is 1. The van der Waals surface area contributed by atoms with Crippen LogP contribution >= 0.6 is 0 Å². The number of piperazine rings is 1. The third-order valence-electron chi connectivity index (χ3n) is 6.39. The van der Waals surface area contributed by atoms with E-state index >= 15 is 0 Å². The third kappa shape index (κ3) is 9.14. The quantitative estimate of drug-likeness (QED) is 0.247. The summed E-state index contributed by atoms with van der Waals surface area (Å²) in [5, 5.41) is 9.11. The van der Waals surface area contributed by atoms with E-state index in [2.05, 4.69) is 15.8 Å². The number of hydrogen-bond donors (Lipinski definition) is 0. The second-order valence-electron chi connectivity index (χ2n) is 8.28. The van der Waals surface area contributed by atoms with Crippen LogP contribution in [0.25, 0.3) is 0 Å². The molecule has 0 radical (unpaired) electrons. The van der Waals surface area contributed by atoms with Crippen LogP contribution in [0.5, 0.6) is 0 Å². The molecule has 0 unspecified atom stereocenters. The lowest BCUT2D eigenvalue weighted by molar-refractivity contribution is -0.112. The van der Waals surface area contributed by atoms with Crippen molar-refractivity contribution in [1.82, 2.24) is 9.80 Å². The summed E-state index contributed by atoms with van der Waals surface area (Å²) in [6.07, 6.45) is 7.74. The molecule has 7 nitrogen and oxygen atoms in total. The van der Waals surface area contributed by atoms with E-state index in [9.17, 15) is 4.79 Å². The summed E-state index contributed by atoms with van der Waals surface area (Å²) in [5.41, 5.74) is -0.0138. The summed E-state index contributed by atoms with van der Waals surface area (Å²) in [6, 6.07) is 0. The molecule has 0 aliphatic carbocycles. The number of aldehydes is 1. The zero-order valence-corrected chi connectivity index (χ0v) is 18.2. The predicted octanol–water partition coefficient (Wildman–Crippen LogP) is 1.74. The third-order valence-corrected chi connectivity index (χ3v) is 6.39. The van der Waals surface area contributed by atoms with Crippen LogP contribution in [0.3, 0.4) is 0 Å². The van der Waals surface area contributed by atoms with Crippen molar-refractivity contribution in [3.8, 4) is 5.97 Å². The van der Waals surface area contributed by atoms with Crippen molar-refractivity contribution in [1.29, 1.82) is 5.26 Å². The number of carbonyl (C=O) groups is 1. The molecule has 164 valence electrons. The summed E-state index contributed by atoms with van der Waals surface area (Å²) in [5.74, 6) is 2.42. The van der Waals surface area contributed by atoms with Crippen LogP contribution in [-0.4, -0.2) is 101 Å². The topological polar surface area (TPSA) is 75.0 Å². The van der Waals surface area contributed by atoms with Crippen LogP contribution in [0.2, 0.25) is 12.6 Å². The van der Waals surface area contributed by atoms with Crippen molar-refractivity contribution in [3.63, 3.8) is 0 Å². The minimum Gasteiger partial charge on any atom is -0.381 e. The Morgan fingerprint density at radius 2 is 1.62 bits per heavy atom. The Bertz CT molecular complexity index is 487. The lowest BCUT2D eigenvalue weighted by Gasteiger charge is -2.40. The molecule has 0 N–H and O–H groups in total. The Morgan fingerprint density at radius 3 is 2.24 bits per heavy atom. The van der Waals surface area contributed by atoms with Crippen LogP contribution < -0.4 is 0 Å². The average molecular weight is 407 g/mol. The van der Waals surface area contributed by atoms with E-state index in [1.165, 1.54) is 0 Å². The van der Waals surface area contributed by atoms with E-state index < -0.39 is 0 Å². The van der Waals surface area contributed by atoms with Gasteiger partial charge in [0.1, 0.15) is 12.9 Å². The van der Waals surface area contributed by atoms with Gasteiger partial charge in [0.05, 0.1) is 5.60 Å². The van der Waals surface area contributed by atoms with E-state index in [1.54, 1.807) is 0 Å². The Morgan fingerprint density at radius 1 is 1.00 bits per heavy atom. The predicted molar refractivity (Wildman–Crippen MR) is 114 cm³/mol. The van der Waals surface area contributed by atoms with Crippen LogP contribution in [0.4, 0.5) is 0 Å². The number of nitrogens with zero attached hydrogens (tertiary/aromatic N) is 3. The normalized spacial score (nSPS) is 20.5. The average Bonchev–Trinajstić information content (AvgIpc) is 2.78. The maximum Gasteiger partial charge on any atom is 0.268 e. The first-order valence-corrected chi connectivity index (χ1v) is 11.2. The van der Waals surface area contributed by atoms with Crippen molar-refractivity contribution in [2.24, 2.45) is 0 Å². The van der Waals surface area contributed by atoms with Gasteiger partial charge in [0.25, 0.3) is 6.71 Å². The standard InChI is InChI=1S/C21H38BN3O4/c1-27-21(4-7-22(20-23)8-5-21)6-10-25-13-11-24(12-14-25)9-2-16-28-17-3-18-29-19-15-26/h15H,2-14,16-19H2,1H3. The number of hydrogen-bond acceptors (Lipinski definition) is 7. The fourth-order valence-electron chi connectivity index (χ4n) is 4.31. The monoisotopic (exact) mass is 407 g/mol. The Balaban J connectivity index is 1.50. The second-order valence-corrected chi connectivity index (χ2v) is 8.28. The minimum atomic E-state index is -0.0138. The Labute approximate surface area is 176 Å². The molecule has 0 aromatic carbocycles. The van der Waals surface area contributed by atoms with Gasteiger partial charge in [0.15, 0.2) is 0 Å². The fourth-order valence-corrected chi connectivity index (χ4v) is 4.31. The molecule has 0 aromatic rings. The van der Waals surface area contributed by atoms with Crippen LogP contribution in [0.15, 0.2) is 0 Å². The highest BCUT2D eigenvalue weighted by Gasteiger charge is 2.37. The van der Waals surface area contributed by atoms with Gasteiger partial charge >= 0.3 is 0 Å². The summed E-state index contributed by atoms with van der Waals surface area (Å²) in [7, 11) is 1.84. The molecule has 2 rings (SSSR count). The molecule has 29 heavy (non-hydrogen) atoms. The number of carbonyl (C=O) groups excluding carboxylic acids is 1. The first kappa shape index (κ1) is 24.3. The van der Waals surface area contributed by atoms with Gasteiger partial charge in [-0.25, -0.2) is 5.26 Å².